The Hall–Kier alpha value is -0.610. The molecule has 2 rings (SSSR count). The van der Waals surface area contributed by atoms with Crippen molar-refractivity contribution in [2.24, 2.45) is 17.8 Å². The van der Waals surface area contributed by atoms with Gasteiger partial charge in [-0.1, -0.05) is 13.8 Å². The van der Waals surface area contributed by atoms with Crippen molar-refractivity contribution in [2.45, 2.75) is 45.1 Å². The number of carbonyl (C=O) groups is 1. The van der Waals surface area contributed by atoms with Gasteiger partial charge >= 0.3 is 0 Å². The van der Waals surface area contributed by atoms with Gasteiger partial charge < -0.3 is 15.7 Å². The van der Waals surface area contributed by atoms with Crippen molar-refractivity contribution >= 4 is 5.91 Å². The quantitative estimate of drug-likeness (QED) is 0.701. The van der Waals surface area contributed by atoms with E-state index in [1.165, 1.54) is 0 Å². The first kappa shape index (κ1) is 13.8. The molecule has 104 valence electrons. The van der Waals surface area contributed by atoms with Crippen LogP contribution in [-0.2, 0) is 4.79 Å². The van der Waals surface area contributed by atoms with E-state index in [1.807, 2.05) is 0 Å². The topological polar surface area (TPSA) is 61.4 Å². The fourth-order valence-corrected chi connectivity index (χ4v) is 3.02. The first-order valence-electron chi connectivity index (χ1n) is 7.21. The highest BCUT2D eigenvalue weighted by atomic mass is 16.3. The first-order chi connectivity index (χ1) is 8.50. The van der Waals surface area contributed by atoms with Crippen molar-refractivity contribution in [1.82, 2.24) is 10.6 Å². The second-order valence-corrected chi connectivity index (χ2v) is 6.37. The number of nitrogens with one attached hydrogen (secondary N) is 2. The molecule has 0 unspecified atom stereocenters. The Morgan fingerprint density at radius 1 is 1.33 bits per heavy atom. The molecule has 3 N–H and O–H groups in total. The molecule has 2 fully saturated rings. The van der Waals surface area contributed by atoms with Crippen molar-refractivity contribution in [3.63, 3.8) is 0 Å². The monoisotopic (exact) mass is 254 g/mol. The van der Waals surface area contributed by atoms with Gasteiger partial charge in [0.05, 0.1) is 11.5 Å². The smallest absolute Gasteiger partial charge is 0.224 e. The molecule has 1 saturated heterocycles. The maximum absolute atomic E-state index is 12.0. The van der Waals surface area contributed by atoms with Crippen molar-refractivity contribution in [3.8, 4) is 0 Å². The molecule has 1 aliphatic carbocycles. The van der Waals surface area contributed by atoms with E-state index in [4.69, 9.17) is 0 Å². The highest BCUT2D eigenvalue weighted by Gasteiger charge is 2.34. The van der Waals surface area contributed by atoms with E-state index < -0.39 is 5.60 Å². The molecule has 2 aliphatic rings. The molecule has 0 radical (unpaired) electrons. The summed E-state index contributed by atoms with van der Waals surface area (Å²) in [6.45, 7) is 6.43. The fraction of sp³-hybridized carbons (Fsp3) is 0.929. The minimum atomic E-state index is -0.669. The number of carbonyl (C=O) groups excluding carboxylic acids is 1. The van der Waals surface area contributed by atoms with E-state index in [0.29, 0.717) is 18.4 Å². The van der Waals surface area contributed by atoms with Crippen LogP contribution < -0.4 is 10.6 Å². The van der Waals surface area contributed by atoms with Crippen LogP contribution in [0.3, 0.4) is 0 Å². The molecule has 1 heterocycles. The molecule has 0 aromatic carbocycles. The van der Waals surface area contributed by atoms with Gasteiger partial charge in [0.25, 0.3) is 0 Å². The minimum Gasteiger partial charge on any atom is -0.388 e. The molecule has 0 aromatic heterocycles. The highest BCUT2D eigenvalue weighted by Crippen LogP contribution is 2.31. The highest BCUT2D eigenvalue weighted by molar-refractivity contribution is 5.79. The third-order valence-electron chi connectivity index (χ3n) is 4.65. The number of aliphatic hydroxyl groups is 1. The molecule has 1 amide bonds. The lowest BCUT2D eigenvalue weighted by Gasteiger charge is -2.35. The summed E-state index contributed by atoms with van der Waals surface area (Å²) in [5, 5.41) is 16.6. The summed E-state index contributed by atoms with van der Waals surface area (Å²) in [6, 6.07) is 0. The third-order valence-corrected chi connectivity index (χ3v) is 4.65. The molecule has 4 nitrogen and oxygen atoms in total. The Labute approximate surface area is 110 Å². The minimum absolute atomic E-state index is 0.0658. The van der Waals surface area contributed by atoms with Crippen LogP contribution in [0.5, 0.6) is 0 Å². The van der Waals surface area contributed by atoms with E-state index in [9.17, 15) is 9.90 Å². The number of amides is 1. The molecular formula is C14H26N2O2. The summed E-state index contributed by atoms with van der Waals surface area (Å²) < 4.78 is 0. The van der Waals surface area contributed by atoms with Gasteiger partial charge in [-0.3, -0.25) is 4.79 Å². The third kappa shape index (κ3) is 3.23. The Morgan fingerprint density at radius 2 is 2.00 bits per heavy atom. The standard InChI is InChI=1S/C14H26N2O2/c1-10-3-5-14(18,6-4-10)9-16-13(17)12-8-15-7-11(12)2/h10-12,15,18H,3-9H2,1-2H3,(H,16,17)/t10?,11-,12-,14?/m1/s1. The van der Waals surface area contributed by atoms with Gasteiger partial charge in [-0.15, -0.1) is 0 Å². The molecule has 0 bridgehead atoms. The fourth-order valence-electron chi connectivity index (χ4n) is 3.02. The largest absolute Gasteiger partial charge is 0.388 e. The summed E-state index contributed by atoms with van der Waals surface area (Å²) in [5.74, 6) is 1.27. The Morgan fingerprint density at radius 3 is 2.56 bits per heavy atom. The van der Waals surface area contributed by atoms with Crippen molar-refractivity contribution < 1.29 is 9.90 Å². The van der Waals surface area contributed by atoms with Crippen LogP contribution >= 0.6 is 0 Å². The van der Waals surface area contributed by atoms with Crippen LogP contribution in [0.1, 0.15) is 39.5 Å². The van der Waals surface area contributed by atoms with Gasteiger partial charge in [0, 0.05) is 13.1 Å². The van der Waals surface area contributed by atoms with Crippen LogP contribution in [0, 0.1) is 17.8 Å². The zero-order valence-corrected chi connectivity index (χ0v) is 11.5. The lowest BCUT2D eigenvalue weighted by molar-refractivity contribution is -0.127. The van der Waals surface area contributed by atoms with Crippen molar-refractivity contribution in [2.75, 3.05) is 19.6 Å². The number of rotatable bonds is 3. The average Bonchev–Trinajstić information content (AvgIpc) is 2.77. The maximum Gasteiger partial charge on any atom is 0.224 e. The summed E-state index contributed by atoms with van der Waals surface area (Å²) >= 11 is 0. The second kappa shape index (κ2) is 5.57. The predicted octanol–water partition coefficient (Wildman–Crippen LogP) is 0.899. The van der Waals surface area contributed by atoms with Crippen LogP contribution in [0.2, 0.25) is 0 Å². The van der Waals surface area contributed by atoms with Crippen LogP contribution in [0.25, 0.3) is 0 Å². The molecule has 4 heteroatoms. The van der Waals surface area contributed by atoms with Crippen LogP contribution in [0.15, 0.2) is 0 Å². The first-order valence-corrected chi connectivity index (χ1v) is 7.21. The number of hydrogen-bond donors (Lipinski definition) is 3. The number of hydrogen-bond acceptors (Lipinski definition) is 3. The van der Waals surface area contributed by atoms with E-state index in [0.717, 1.165) is 38.8 Å². The molecule has 0 aromatic rings. The van der Waals surface area contributed by atoms with Crippen molar-refractivity contribution in [1.29, 1.82) is 0 Å². The Bertz CT molecular complexity index is 298. The van der Waals surface area contributed by atoms with Crippen LogP contribution in [0.4, 0.5) is 0 Å². The van der Waals surface area contributed by atoms with Crippen molar-refractivity contribution in [3.05, 3.63) is 0 Å². The Balaban J connectivity index is 1.78. The lowest BCUT2D eigenvalue weighted by Crippen LogP contribution is -2.47. The van der Waals surface area contributed by atoms with Gasteiger partial charge in [-0.05, 0) is 44.1 Å². The van der Waals surface area contributed by atoms with Gasteiger partial charge in [-0.2, -0.15) is 0 Å². The zero-order chi connectivity index (χ0) is 13.2. The molecule has 1 aliphatic heterocycles. The second-order valence-electron chi connectivity index (χ2n) is 6.37. The molecule has 1 saturated carbocycles. The predicted molar refractivity (Wildman–Crippen MR) is 71.1 cm³/mol. The summed E-state index contributed by atoms with van der Waals surface area (Å²) in [7, 11) is 0. The lowest BCUT2D eigenvalue weighted by atomic mass is 9.79. The van der Waals surface area contributed by atoms with Gasteiger partial charge in [-0.25, -0.2) is 0 Å². The van der Waals surface area contributed by atoms with Gasteiger partial charge in [0.15, 0.2) is 0 Å². The molecule has 18 heavy (non-hydrogen) atoms. The summed E-state index contributed by atoms with van der Waals surface area (Å²) in [5.41, 5.74) is -0.669. The van der Waals surface area contributed by atoms with E-state index >= 15 is 0 Å². The zero-order valence-electron chi connectivity index (χ0n) is 11.5. The molecule has 0 spiro atoms. The van der Waals surface area contributed by atoms with Crippen LogP contribution in [-0.4, -0.2) is 36.2 Å². The summed E-state index contributed by atoms with van der Waals surface area (Å²) in [4.78, 5) is 12.0. The van der Waals surface area contributed by atoms with E-state index in [2.05, 4.69) is 24.5 Å². The molecule has 2 atom stereocenters. The normalized spacial score (nSPS) is 40.7. The van der Waals surface area contributed by atoms with Gasteiger partial charge in [0.1, 0.15) is 0 Å². The summed E-state index contributed by atoms with van der Waals surface area (Å²) in [6.07, 6.45) is 3.75. The average molecular weight is 254 g/mol. The molecular weight excluding hydrogens is 228 g/mol. The van der Waals surface area contributed by atoms with E-state index in [-0.39, 0.29) is 11.8 Å². The van der Waals surface area contributed by atoms with E-state index in [1.54, 1.807) is 0 Å². The SMILES string of the molecule is CC1CCC(O)(CNC(=O)[C@@H]2CNC[C@H]2C)CC1. The maximum atomic E-state index is 12.0. The Kier molecular flexibility index (Phi) is 4.28. The van der Waals surface area contributed by atoms with Gasteiger partial charge in [0.2, 0.25) is 5.91 Å².